The summed E-state index contributed by atoms with van der Waals surface area (Å²) in [5.74, 6) is 1.21. The first kappa shape index (κ1) is 16.4. The maximum Gasteiger partial charge on any atom is 0.147 e. The SMILES string of the molecule is C/C(N)=N/C(NCCN1CCC1)=C(\N)Cc1cccc(C)c1. The number of nitrogens with two attached hydrogens (primary N) is 2. The van der Waals surface area contributed by atoms with Gasteiger partial charge in [-0.1, -0.05) is 29.8 Å². The van der Waals surface area contributed by atoms with E-state index >= 15 is 0 Å². The molecular formula is C17H27N5. The molecule has 0 aliphatic carbocycles. The van der Waals surface area contributed by atoms with Crippen LogP contribution in [0, 0.1) is 6.92 Å². The van der Waals surface area contributed by atoms with E-state index in [1.165, 1.54) is 30.6 Å². The van der Waals surface area contributed by atoms with Crippen molar-refractivity contribution in [2.45, 2.75) is 26.7 Å². The molecule has 0 saturated carbocycles. The van der Waals surface area contributed by atoms with E-state index in [0.29, 0.717) is 18.1 Å². The van der Waals surface area contributed by atoms with Gasteiger partial charge in [0.1, 0.15) is 5.82 Å². The number of hydrogen-bond acceptors (Lipinski definition) is 4. The van der Waals surface area contributed by atoms with Crippen LogP contribution < -0.4 is 16.8 Å². The van der Waals surface area contributed by atoms with Crippen LogP contribution in [-0.4, -0.2) is 36.9 Å². The van der Waals surface area contributed by atoms with Gasteiger partial charge in [0.15, 0.2) is 0 Å². The van der Waals surface area contributed by atoms with Crippen LogP contribution in [0.1, 0.15) is 24.5 Å². The number of amidine groups is 1. The molecule has 0 spiro atoms. The molecule has 5 nitrogen and oxygen atoms in total. The topological polar surface area (TPSA) is 79.7 Å². The average Bonchev–Trinajstić information content (AvgIpc) is 2.39. The lowest BCUT2D eigenvalue weighted by molar-refractivity contribution is 0.184. The third-order valence-electron chi connectivity index (χ3n) is 3.74. The molecule has 22 heavy (non-hydrogen) atoms. The first-order chi connectivity index (χ1) is 10.5. The van der Waals surface area contributed by atoms with E-state index < -0.39 is 0 Å². The third kappa shape index (κ3) is 5.07. The number of likely N-dealkylation sites (tertiary alicyclic amines) is 1. The van der Waals surface area contributed by atoms with Gasteiger partial charge < -0.3 is 21.7 Å². The van der Waals surface area contributed by atoms with E-state index in [0.717, 1.165) is 18.8 Å². The summed E-state index contributed by atoms with van der Waals surface area (Å²) in [4.78, 5) is 6.76. The zero-order chi connectivity index (χ0) is 15.9. The molecule has 0 amide bonds. The van der Waals surface area contributed by atoms with E-state index in [4.69, 9.17) is 11.5 Å². The zero-order valence-electron chi connectivity index (χ0n) is 13.6. The van der Waals surface area contributed by atoms with Crippen LogP contribution in [0.3, 0.4) is 0 Å². The maximum atomic E-state index is 6.25. The molecule has 1 saturated heterocycles. The van der Waals surface area contributed by atoms with Crippen molar-refractivity contribution >= 4 is 5.84 Å². The second kappa shape index (κ2) is 7.84. The number of allylic oxidation sites excluding steroid dienone is 1. The average molecular weight is 301 g/mol. The molecule has 1 fully saturated rings. The molecule has 0 bridgehead atoms. The monoisotopic (exact) mass is 301 g/mol. The van der Waals surface area contributed by atoms with Crippen LogP contribution in [0.4, 0.5) is 0 Å². The highest BCUT2D eigenvalue weighted by atomic mass is 15.2. The quantitative estimate of drug-likeness (QED) is 0.524. The lowest BCUT2D eigenvalue weighted by Crippen LogP contribution is -2.41. The highest BCUT2D eigenvalue weighted by Gasteiger charge is 2.13. The van der Waals surface area contributed by atoms with Crippen LogP contribution in [0.25, 0.3) is 0 Å². The molecule has 0 radical (unpaired) electrons. The van der Waals surface area contributed by atoms with Crippen molar-refractivity contribution in [1.82, 2.24) is 10.2 Å². The summed E-state index contributed by atoms with van der Waals surface area (Å²) in [6.07, 6.45) is 1.97. The van der Waals surface area contributed by atoms with Gasteiger partial charge in [-0.3, -0.25) is 0 Å². The van der Waals surface area contributed by atoms with Crippen LogP contribution in [-0.2, 0) is 6.42 Å². The van der Waals surface area contributed by atoms with Crippen molar-refractivity contribution in [2.75, 3.05) is 26.2 Å². The number of aryl methyl sites for hydroxylation is 1. The fraction of sp³-hybridized carbons (Fsp3) is 0.471. The number of nitrogens with one attached hydrogen (secondary N) is 1. The van der Waals surface area contributed by atoms with Crippen molar-refractivity contribution in [3.63, 3.8) is 0 Å². The van der Waals surface area contributed by atoms with Gasteiger partial charge >= 0.3 is 0 Å². The Hall–Kier alpha value is -2.01. The van der Waals surface area contributed by atoms with Gasteiger partial charge in [-0.15, -0.1) is 0 Å². The summed E-state index contributed by atoms with van der Waals surface area (Å²) in [5.41, 5.74) is 15.1. The molecule has 0 aromatic heterocycles. The Morgan fingerprint density at radius 3 is 2.68 bits per heavy atom. The Morgan fingerprint density at radius 1 is 1.32 bits per heavy atom. The van der Waals surface area contributed by atoms with Gasteiger partial charge in [0.2, 0.25) is 0 Å². The van der Waals surface area contributed by atoms with Gasteiger partial charge in [0.05, 0.1) is 11.5 Å². The number of aliphatic imine (C=N–C) groups is 1. The largest absolute Gasteiger partial charge is 0.399 e. The summed E-state index contributed by atoms with van der Waals surface area (Å²) >= 11 is 0. The Labute approximate surface area is 133 Å². The first-order valence-corrected chi connectivity index (χ1v) is 7.86. The van der Waals surface area contributed by atoms with E-state index in [9.17, 15) is 0 Å². The van der Waals surface area contributed by atoms with Gasteiger partial charge in [-0.05, 0) is 38.9 Å². The van der Waals surface area contributed by atoms with E-state index in [1.54, 1.807) is 6.92 Å². The second-order valence-corrected chi connectivity index (χ2v) is 5.91. The number of benzene rings is 1. The van der Waals surface area contributed by atoms with Crippen LogP contribution in [0.5, 0.6) is 0 Å². The Kier molecular flexibility index (Phi) is 5.83. The van der Waals surface area contributed by atoms with Crippen molar-refractivity contribution in [1.29, 1.82) is 0 Å². The van der Waals surface area contributed by atoms with Crippen molar-refractivity contribution in [3.05, 3.63) is 46.9 Å². The number of rotatable bonds is 7. The third-order valence-corrected chi connectivity index (χ3v) is 3.74. The van der Waals surface area contributed by atoms with Gasteiger partial charge in [0.25, 0.3) is 0 Å². The van der Waals surface area contributed by atoms with Gasteiger partial charge in [-0.2, -0.15) is 0 Å². The molecule has 1 aromatic rings. The molecule has 0 unspecified atom stereocenters. The molecule has 1 aliphatic rings. The van der Waals surface area contributed by atoms with Crippen LogP contribution >= 0.6 is 0 Å². The summed E-state index contributed by atoms with van der Waals surface area (Å²) in [6.45, 7) is 8.09. The van der Waals surface area contributed by atoms with Crippen LogP contribution in [0.2, 0.25) is 0 Å². The number of hydrogen-bond donors (Lipinski definition) is 3. The lowest BCUT2D eigenvalue weighted by atomic mass is 10.1. The van der Waals surface area contributed by atoms with E-state index in [1.807, 2.05) is 6.07 Å². The molecule has 0 atom stereocenters. The van der Waals surface area contributed by atoms with Crippen molar-refractivity contribution in [3.8, 4) is 0 Å². The Balaban J connectivity index is 2.02. The van der Waals surface area contributed by atoms with E-state index in [2.05, 4.69) is 40.3 Å². The maximum absolute atomic E-state index is 6.25. The molecule has 120 valence electrons. The molecule has 5 N–H and O–H groups in total. The number of nitrogens with zero attached hydrogens (tertiary/aromatic N) is 2. The first-order valence-electron chi connectivity index (χ1n) is 7.86. The predicted octanol–water partition coefficient (Wildman–Crippen LogP) is 1.34. The molecule has 5 heteroatoms. The predicted molar refractivity (Wildman–Crippen MR) is 92.5 cm³/mol. The molecule has 1 aliphatic heterocycles. The van der Waals surface area contributed by atoms with Crippen molar-refractivity contribution < 1.29 is 0 Å². The second-order valence-electron chi connectivity index (χ2n) is 5.91. The molecule has 1 heterocycles. The fourth-order valence-corrected chi connectivity index (χ4v) is 2.46. The lowest BCUT2D eigenvalue weighted by Gasteiger charge is -2.30. The Morgan fingerprint density at radius 2 is 2.09 bits per heavy atom. The zero-order valence-corrected chi connectivity index (χ0v) is 13.6. The minimum atomic E-state index is 0.513. The fourth-order valence-electron chi connectivity index (χ4n) is 2.46. The van der Waals surface area contributed by atoms with Gasteiger partial charge in [0, 0.05) is 19.5 Å². The summed E-state index contributed by atoms with van der Waals surface area (Å²) in [6, 6.07) is 8.35. The van der Waals surface area contributed by atoms with Crippen molar-refractivity contribution in [2.24, 2.45) is 16.5 Å². The normalized spacial score (nSPS) is 16.9. The molecule has 1 aromatic carbocycles. The summed E-state index contributed by atoms with van der Waals surface area (Å²) < 4.78 is 0. The minimum absolute atomic E-state index is 0.513. The Bertz CT molecular complexity index is 554. The standard InChI is InChI=1S/C17H27N5/c1-13-5-3-6-15(11-13)12-16(19)17(21-14(2)18)20-7-10-22-8-4-9-22/h3,5-6,11,20H,4,7-10,12,19H2,1-2H3,(H2,18,21)/b17-16-. The molecule has 2 rings (SSSR count). The summed E-state index contributed by atoms with van der Waals surface area (Å²) in [5, 5.41) is 3.33. The minimum Gasteiger partial charge on any atom is -0.399 e. The highest BCUT2D eigenvalue weighted by Crippen LogP contribution is 2.10. The van der Waals surface area contributed by atoms with E-state index in [-0.39, 0.29) is 0 Å². The van der Waals surface area contributed by atoms with Crippen LogP contribution in [0.15, 0.2) is 40.8 Å². The summed E-state index contributed by atoms with van der Waals surface area (Å²) in [7, 11) is 0. The van der Waals surface area contributed by atoms with Gasteiger partial charge in [-0.25, -0.2) is 4.99 Å². The molecular weight excluding hydrogens is 274 g/mol. The smallest absolute Gasteiger partial charge is 0.147 e. The highest BCUT2D eigenvalue weighted by molar-refractivity contribution is 5.78.